The van der Waals surface area contributed by atoms with Crippen molar-refractivity contribution in [1.82, 2.24) is 0 Å². The Balaban J connectivity index is 1.14. The molecule has 0 spiro atoms. The first-order chi connectivity index (χ1) is 15.5. The van der Waals surface area contributed by atoms with Crippen LogP contribution in [0, 0.1) is 41.1 Å². The van der Waals surface area contributed by atoms with Crippen molar-refractivity contribution in [3.8, 4) is 0 Å². The second-order valence-electron chi connectivity index (χ2n) is 10.6. The highest BCUT2D eigenvalue weighted by Crippen LogP contribution is 2.41. The quantitative estimate of drug-likeness (QED) is 0.394. The molecular formula is C27H39F3O2. The number of ether oxygens (including phenoxy) is 2. The van der Waals surface area contributed by atoms with E-state index in [0.29, 0.717) is 23.3 Å². The van der Waals surface area contributed by atoms with Gasteiger partial charge in [-0.2, -0.15) is 0 Å². The molecule has 0 aromatic heterocycles. The summed E-state index contributed by atoms with van der Waals surface area (Å²) in [6.45, 7) is 3.93. The monoisotopic (exact) mass is 452 g/mol. The van der Waals surface area contributed by atoms with E-state index in [-0.39, 0.29) is 12.2 Å². The zero-order valence-corrected chi connectivity index (χ0v) is 19.5. The first kappa shape index (κ1) is 24.1. The van der Waals surface area contributed by atoms with Gasteiger partial charge in [0.1, 0.15) is 0 Å². The van der Waals surface area contributed by atoms with Crippen molar-refractivity contribution < 1.29 is 22.6 Å². The minimum Gasteiger partial charge on any atom is -0.352 e. The van der Waals surface area contributed by atoms with Gasteiger partial charge in [-0.25, -0.2) is 13.2 Å². The Labute approximate surface area is 191 Å². The largest absolute Gasteiger partial charge is 0.352 e. The van der Waals surface area contributed by atoms with Crippen LogP contribution >= 0.6 is 0 Å². The lowest BCUT2D eigenvalue weighted by molar-refractivity contribution is -0.230. The maximum absolute atomic E-state index is 13.6. The van der Waals surface area contributed by atoms with Crippen LogP contribution in [-0.4, -0.2) is 19.5 Å². The molecule has 32 heavy (non-hydrogen) atoms. The summed E-state index contributed by atoms with van der Waals surface area (Å²) in [5, 5.41) is 0. The minimum atomic E-state index is -1.36. The Hall–Kier alpha value is -1.07. The molecule has 0 atom stereocenters. The van der Waals surface area contributed by atoms with Gasteiger partial charge in [-0.1, -0.05) is 26.2 Å². The van der Waals surface area contributed by atoms with Crippen LogP contribution in [0.25, 0.3) is 0 Å². The first-order valence-electron chi connectivity index (χ1n) is 12.9. The van der Waals surface area contributed by atoms with Crippen molar-refractivity contribution >= 4 is 0 Å². The van der Waals surface area contributed by atoms with Crippen molar-refractivity contribution in [1.29, 1.82) is 0 Å². The van der Waals surface area contributed by atoms with E-state index in [1.807, 2.05) is 0 Å². The fourth-order valence-corrected chi connectivity index (χ4v) is 6.22. The van der Waals surface area contributed by atoms with E-state index >= 15 is 0 Å². The molecule has 2 aliphatic carbocycles. The molecule has 1 aromatic rings. The van der Waals surface area contributed by atoms with Crippen LogP contribution in [0.5, 0.6) is 0 Å². The highest BCUT2D eigenvalue weighted by atomic mass is 19.2. The molecule has 0 amide bonds. The van der Waals surface area contributed by atoms with Gasteiger partial charge < -0.3 is 9.47 Å². The molecule has 5 heteroatoms. The minimum absolute atomic E-state index is 0.0143. The normalized spacial score (nSPS) is 33.9. The smallest absolute Gasteiger partial charge is 0.194 e. The first-order valence-corrected chi connectivity index (χ1v) is 12.9. The molecule has 0 bridgehead atoms. The maximum atomic E-state index is 13.6. The molecular weight excluding hydrogens is 413 g/mol. The van der Waals surface area contributed by atoms with Crippen LogP contribution in [-0.2, 0) is 9.47 Å². The summed E-state index contributed by atoms with van der Waals surface area (Å²) >= 11 is 0. The number of hydrogen-bond donors (Lipinski definition) is 0. The van der Waals surface area contributed by atoms with Crippen LogP contribution < -0.4 is 0 Å². The molecule has 3 aliphatic rings. The van der Waals surface area contributed by atoms with E-state index in [2.05, 4.69) is 6.92 Å². The van der Waals surface area contributed by atoms with Gasteiger partial charge in [0.25, 0.3) is 0 Å². The summed E-state index contributed by atoms with van der Waals surface area (Å²) in [7, 11) is 0. The van der Waals surface area contributed by atoms with Gasteiger partial charge in [0.05, 0.1) is 13.2 Å². The van der Waals surface area contributed by atoms with E-state index in [9.17, 15) is 13.2 Å². The Kier molecular flexibility index (Phi) is 8.55. The van der Waals surface area contributed by atoms with Crippen molar-refractivity contribution in [3.63, 3.8) is 0 Å². The zero-order valence-electron chi connectivity index (χ0n) is 19.5. The van der Waals surface area contributed by atoms with Crippen molar-refractivity contribution in [2.75, 3.05) is 13.2 Å². The van der Waals surface area contributed by atoms with Gasteiger partial charge in [0, 0.05) is 11.8 Å². The van der Waals surface area contributed by atoms with Crippen LogP contribution in [0.2, 0.25) is 0 Å². The fourth-order valence-electron chi connectivity index (χ4n) is 6.22. The third-order valence-corrected chi connectivity index (χ3v) is 8.27. The third kappa shape index (κ3) is 6.08. The second kappa shape index (κ2) is 11.4. The number of hydrogen-bond acceptors (Lipinski definition) is 2. The number of rotatable bonds is 7. The van der Waals surface area contributed by atoms with Crippen molar-refractivity contribution in [2.45, 2.75) is 96.2 Å². The second-order valence-corrected chi connectivity index (χ2v) is 10.6. The van der Waals surface area contributed by atoms with Crippen LogP contribution in [0.3, 0.4) is 0 Å². The fraction of sp³-hybridized carbons (Fsp3) is 0.778. The highest BCUT2D eigenvalue weighted by Gasteiger charge is 2.33. The van der Waals surface area contributed by atoms with E-state index in [1.165, 1.54) is 63.5 Å². The van der Waals surface area contributed by atoms with Crippen molar-refractivity contribution in [3.05, 3.63) is 35.1 Å². The SMILES string of the molecule is CCCC1COC(C2CCC(CCC3CCC(c4cc(F)c(F)c(F)c4)CC3)CC2)OC1. The summed E-state index contributed by atoms with van der Waals surface area (Å²) in [5.74, 6) is -0.701. The average Bonchev–Trinajstić information content (AvgIpc) is 2.82. The maximum Gasteiger partial charge on any atom is 0.194 e. The molecule has 0 N–H and O–H groups in total. The molecule has 180 valence electrons. The van der Waals surface area contributed by atoms with Gasteiger partial charge in [-0.15, -0.1) is 0 Å². The lowest BCUT2D eigenvalue weighted by Gasteiger charge is -2.38. The molecule has 4 rings (SSSR count). The predicted octanol–water partition coefficient (Wildman–Crippen LogP) is 7.75. The van der Waals surface area contributed by atoms with Gasteiger partial charge in [-0.3, -0.25) is 0 Å². The Morgan fingerprint density at radius 2 is 1.25 bits per heavy atom. The molecule has 0 radical (unpaired) electrons. The van der Waals surface area contributed by atoms with E-state index in [1.54, 1.807) is 0 Å². The zero-order chi connectivity index (χ0) is 22.5. The molecule has 2 saturated carbocycles. The molecule has 3 fully saturated rings. The summed E-state index contributed by atoms with van der Waals surface area (Å²) in [4.78, 5) is 0. The summed E-state index contributed by atoms with van der Waals surface area (Å²) < 4.78 is 52.5. The van der Waals surface area contributed by atoms with Gasteiger partial charge in [0.2, 0.25) is 0 Å². The summed E-state index contributed by atoms with van der Waals surface area (Å²) in [6.07, 6.45) is 14.0. The topological polar surface area (TPSA) is 18.5 Å². The van der Waals surface area contributed by atoms with Gasteiger partial charge >= 0.3 is 0 Å². The Bertz CT molecular complexity index is 693. The average molecular weight is 453 g/mol. The van der Waals surface area contributed by atoms with Crippen molar-refractivity contribution in [2.24, 2.45) is 23.7 Å². The van der Waals surface area contributed by atoms with Gasteiger partial charge in [-0.05, 0) is 93.2 Å². The van der Waals surface area contributed by atoms with Gasteiger partial charge in [0.15, 0.2) is 23.7 Å². The van der Waals surface area contributed by atoms with E-state index < -0.39 is 17.5 Å². The highest BCUT2D eigenvalue weighted by molar-refractivity contribution is 5.23. The molecule has 1 heterocycles. The molecule has 1 aromatic carbocycles. The van der Waals surface area contributed by atoms with E-state index in [4.69, 9.17) is 9.47 Å². The summed E-state index contributed by atoms with van der Waals surface area (Å²) in [5.41, 5.74) is 0.617. The molecule has 1 aliphatic heterocycles. The molecule has 0 unspecified atom stereocenters. The Morgan fingerprint density at radius 3 is 1.78 bits per heavy atom. The number of benzene rings is 1. The molecule has 1 saturated heterocycles. The lowest BCUT2D eigenvalue weighted by atomic mass is 9.74. The number of halogens is 3. The Morgan fingerprint density at radius 1 is 0.719 bits per heavy atom. The predicted molar refractivity (Wildman–Crippen MR) is 120 cm³/mol. The van der Waals surface area contributed by atoms with Crippen LogP contribution in [0.4, 0.5) is 13.2 Å². The third-order valence-electron chi connectivity index (χ3n) is 8.27. The summed E-state index contributed by atoms with van der Waals surface area (Å²) in [6, 6.07) is 2.37. The standard InChI is InChI=1S/C27H39F3O2/c1-2-3-20-16-31-27(32-17-20)22-12-8-19(9-13-22)5-4-18-6-10-21(11-7-18)23-14-24(28)26(30)25(29)15-23/h14-15,18-22,27H,2-13,16-17H2,1H3. The van der Waals surface area contributed by atoms with E-state index in [0.717, 1.165) is 44.8 Å². The molecule has 2 nitrogen and oxygen atoms in total. The van der Waals surface area contributed by atoms with Crippen LogP contribution in [0.1, 0.15) is 95.5 Å². The van der Waals surface area contributed by atoms with Crippen LogP contribution in [0.15, 0.2) is 12.1 Å². The lowest BCUT2D eigenvalue weighted by Crippen LogP contribution is -2.38.